The van der Waals surface area contributed by atoms with Crippen LogP contribution in [-0.4, -0.2) is 34.0 Å². The maximum absolute atomic E-state index is 11.3. The topological polar surface area (TPSA) is 128 Å². The minimum atomic E-state index is -0.997. The van der Waals surface area contributed by atoms with Crippen molar-refractivity contribution in [3.05, 3.63) is 107 Å². The number of halogens is 1. The SMILES string of the molecule is CO/C=C\C(=N)[C@@H](CC(=O)O)c1ccc(OCc2nc(-c3ccc(OCc4ccc(Cl)cc4)cc3)no2)cc1. The first-order chi connectivity index (χ1) is 18.9. The van der Waals surface area contributed by atoms with Crippen LogP contribution in [-0.2, 0) is 22.7 Å². The Bertz CT molecular complexity index is 1420. The summed E-state index contributed by atoms with van der Waals surface area (Å²) in [6, 6.07) is 21.7. The summed E-state index contributed by atoms with van der Waals surface area (Å²) in [5.74, 6) is 0.354. The summed E-state index contributed by atoms with van der Waals surface area (Å²) >= 11 is 5.91. The normalized spacial score (nSPS) is 11.7. The Morgan fingerprint density at radius 1 is 1.00 bits per heavy atom. The van der Waals surface area contributed by atoms with Crippen molar-refractivity contribution in [3.63, 3.8) is 0 Å². The lowest BCUT2D eigenvalue weighted by atomic mass is 9.91. The molecule has 9 nitrogen and oxygen atoms in total. The molecule has 3 aromatic carbocycles. The van der Waals surface area contributed by atoms with E-state index in [2.05, 4.69) is 10.1 Å². The molecule has 0 fully saturated rings. The van der Waals surface area contributed by atoms with E-state index in [1.54, 1.807) is 24.3 Å². The van der Waals surface area contributed by atoms with Crippen molar-refractivity contribution in [1.29, 1.82) is 5.41 Å². The minimum Gasteiger partial charge on any atom is -0.504 e. The largest absolute Gasteiger partial charge is 0.504 e. The van der Waals surface area contributed by atoms with Gasteiger partial charge in [-0.15, -0.1) is 0 Å². The molecule has 1 heterocycles. The number of methoxy groups -OCH3 is 1. The molecule has 0 saturated carbocycles. The van der Waals surface area contributed by atoms with Crippen LogP contribution in [0.3, 0.4) is 0 Å². The van der Waals surface area contributed by atoms with Crippen molar-refractivity contribution in [2.45, 2.75) is 25.6 Å². The van der Waals surface area contributed by atoms with Crippen LogP contribution in [0.5, 0.6) is 11.5 Å². The molecule has 1 atom stereocenters. The molecule has 0 aliphatic carbocycles. The quantitative estimate of drug-likeness (QED) is 0.148. The molecular formula is C29H26ClN3O6. The van der Waals surface area contributed by atoms with Crippen molar-refractivity contribution >= 4 is 23.3 Å². The molecule has 4 aromatic rings. The van der Waals surface area contributed by atoms with Crippen LogP contribution >= 0.6 is 11.6 Å². The van der Waals surface area contributed by atoms with E-state index < -0.39 is 11.9 Å². The summed E-state index contributed by atoms with van der Waals surface area (Å²) in [7, 11) is 1.46. The molecule has 0 unspecified atom stereocenters. The number of carbonyl (C=O) groups is 1. The van der Waals surface area contributed by atoms with Gasteiger partial charge in [0.1, 0.15) is 18.1 Å². The van der Waals surface area contributed by atoms with Gasteiger partial charge in [0.15, 0.2) is 6.61 Å². The molecule has 39 heavy (non-hydrogen) atoms. The lowest BCUT2D eigenvalue weighted by Gasteiger charge is -2.15. The number of aromatic nitrogens is 2. The van der Waals surface area contributed by atoms with E-state index in [-0.39, 0.29) is 18.7 Å². The van der Waals surface area contributed by atoms with Crippen LogP contribution < -0.4 is 9.47 Å². The van der Waals surface area contributed by atoms with E-state index in [1.807, 2.05) is 48.5 Å². The molecule has 0 spiro atoms. The third kappa shape index (κ3) is 7.93. The zero-order chi connectivity index (χ0) is 27.6. The van der Waals surface area contributed by atoms with Gasteiger partial charge in [-0.1, -0.05) is 41.0 Å². The Morgan fingerprint density at radius 2 is 1.64 bits per heavy atom. The summed E-state index contributed by atoms with van der Waals surface area (Å²) < 4.78 is 21.7. The van der Waals surface area contributed by atoms with Crippen LogP contribution in [0, 0.1) is 5.41 Å². The number of benzene rings is 3. The molecule has 0 aliphatic heterocycles. The molecule has 4 rings (SSSR count). The van der Waals surface area contributed by atoms with Crippen LogP contribution in [0.2, 0.25) is 5.02 Å². The van der Waals surface area contributed by atoms with E-state index in [0.717, 1.165) is 11.1 Å². The van der Waals surface area contributed by atoms with Crippen LogP contribution in [0.15, 0.2) is 89.7 Å². The Morgan fingerprint density at radius 3 is 2.28 bits per heavy atom. The van der Waals surface area contributed by atoms with Gasteiger partial charge in [0, 0.05) is 22.2 Å². The van der Waals surface area contributed by atoms with E-state index >= 15 is 0 Å². The van der Waals surface area contributed by atoms with Gasteiger partial charge in [0.25, 0.3) is 5.89 Å². The maximum Gasteiger partial charge on any atom is 0.304 e. The fraction of sp³-hybridized carbons (Fsp3) is 0.172. The lowest BCUT2D eigenvalue weighted by Crippen LogP contribution is -2.14. The van der Waals surface area contributed by atoms with Gasteiger partial charge in [-0.25, -0.2) is 0 Å². The molecule has 1 aromatic heterocycles. The fourth-order valence-corrected chi connectivity index (χ4v) is 3.79. The Kier molecular flexibility index (Phi) is 9.31. The standard InChI is InChI=1S/C29H26ClN3O6/c1-36-15-14-26(31)25(16-28(34)35)20-4-10-24(11-5-20)38-18-27-32-29(33-39-27)21-6-12-23(13-7-21)37-17-19-2-8-22(30)9-3-19/h2-15,25,31H,16-18H2,1H3,(H,34,35)/b15-14-,31-26?/t25-/m0/s1. The third-order valence-electron chi connectivity index (χ3n) is 5.68. The van der Waals surface area contributed by atoms with Gasteiger partial charge >= 0.3 is 5.97 Å². The second-order valence-corrected chi connectivity index (χ2v) is 8.89. The number of allylic oxidation sites excluding steroid dienone is 1. The smallest absolute Gasteiger partial charge is 0.304 e. The van der Waals surface area contributed by atoms with E-state index in [4.69, 9.17) is 35.7 Å². The molecule has 10 heteroatoms. The molecule has 0 radical (unpaired) electrons. The number of nitrogens with one attached hydrogen (secondary N) is 1. The maximum atomic E-state index is 11.3. The summed E-state index contributed by atoms with van der Waals surface area (Å²) in [5, 5.41) is 22.1. The second kappa shape index (κ2) is 13.3. The molecule has 0 aliphatic rings. The summed E-state index contributed by atoms with van der Waals surface area (Å²) in [5.41, 5.74) is 2.59. The zero-order valence-corrected chi connectivity index (χ0v) is 21.8. The molecule has 0 bridgehead atoms. The minimum absolute atomic E-state index is 0.0551. The number of ether oxygens (including phenoxy) is 3. The monoisotopic (exact) mass is 547 g/mol. The van der Waals surface area contributed by atoms with Crippen molar-refractivity contribution < 1.29 is 28.6 Å². The van der Waals surface area contributed by atoms with Crippen molar-refractivity contribution in [3.8, 4) is 22.9 Å². The van der Waals surface area contributed by atoms with Crippen molar-refractivity contribution in [2.75, 3.05) is 7.11 Å². The van der Waals surface area contributed by atoms with Gasteiger partial charge in [-0.3, -0.25) is 4.79 Å². The fourth-order valence-electron chi connectivity index (χ4n) is 3.66. The number of hydrogen-bond donors (Lipinski definition) is 2. The van der Waals surface area contributed by atoms with Crippen molar-refractivity contribution in [2.24, 2.45) is 0 Å². The van der Waals surface area contributed by atoms with Crippen LogP contribution in [0.4, 0.5) is 0 Å². The molecule has 0 amide bonds. The van der Waals surface area contributed by atoms with Gasteiger partial charge in [0.2, 0.25) is 5.82 Å². The Hall–Kier alpha value is -4.63. The molecular weight excluding hydrogens is 522 g/mol. The molecule has 200 valence electrons. The van der Waals surface area contributed by atoms with E-state index in [0.29, 0.717) is 40.4 Å². The highest BCUT2D eigenvalue weighted by Crippen LogP contribution is 2.25. The van der Waals surface area contributed by atoms with E-state index in [9.17, 15) is 9.90 Å². The van der Waals surface area contributed by atoms with Crippen LogP contribution in [0.1, 0.15) is 29.4 Å². The predicted octanol–water partition coefficient (Wildman–Crippen LogP) is 6.29. The number of nitrogens with zero attached hydrogens (tertiary/aromatic N) is 2. The second-order valence-electron chi connectivity index (χ2n) is 8.45. The Balaban J connectivity index is 1.32. The first-order valence-electron chi connectivity index (χ1n) is 11.9. The highest BCUT2D eigenvalue weighted by atomic mass is 35.5. The number of rotatable bonds is 13. The third-order valence-corrected chi connectivity index (χ3v) is 5.93. The zero-order valence-electron chi connectivity index (χ0n) is 21.0. The van der Waals surface area contributed by atoms with Crippen molar-refractivity contribution in [1.82, 2.24) is 10.1 Å². The average molecular weight is 548 g/mol. The lowest BCUT2D eigenvalue weighted by molar-refractivity contribution is -0.137. The Labute approximate surface area is 230 Å². The van der Waals surface area contributed by atoms with E-state index in [1.165, 1.54) is 19.4 Å². The number of carboxylic acids is 1. The molecule has 0 saturated heterocycles. The molecule has 2 N–H and O–H groups in total. The van der Waals surface area contributed by atoms with Crippen LogP contribution in [0.25, 0.3) is 11.4 Å². The first kappa shape index (κ1) is 27.4. The summed E-state index contributed by atoms with van der Waals surface area (Å²) in [6.45, 7) is 0.481. The summed E-state index contributed by atoms with van der Waals surface area (Å²) in [6.07, 6.45) is 2.57. The average Bonchev–Trinajstić information content (AvgIpc) is 3.43. The number of hydrogen-bond acceptors (Lipinski definition) is 8. The highest BCUT2D eigenvalue weighted by molar-refractivity contribution is 6.30. The number of aliphatic carboxylic acids is 1. The van der Waals surface area contributed by atoms with Gasteiger partial charge in [0.05, 0.1) is 19.8 Å². The van der Waals surface area contributed by atoms with Gasteiger partial charge in [-0.05, 0) is 65.7 Å². The summed E-state index contributed by atoms with van der Waals surface area (Å²) in [4.78, 5) is 15.7. The highest BCUT2D eigenvalue weighted by Gasteiger charge is 2.19. The number of carboxylic acid groups (broad SMARTS) is 1. The first-order valence-corrected chi connectivity index (χ1v) is 12.3. The van der Waals surface area contributed by atoms with Gasteiger partial charge < -0.3 is 29.2 Å². The predicted molar refractivity (Wildman–Crippen MR) is 145 cm³/mol. The van der Waals surface area contributed by atoms with Gasteiger partial charge in [-0.2, -0.15) is 4.98 Å².